The van der Waals surface area contributed by atoms with Crippen LogP contribution in [0.5, 0.6) is 11.5 Å². The summed E-state index contributed by atoms with van der Waals surface area (Å²) in [5.41, 5.74) is 0.301. The number of benzene rings is 1. The molecule has 3 N–H and O–H groups in total. The lowest BCUT2D eigenvalue weighted by Crippen LogP contribution is -2.46. The van der Waals surface area contributed by atoms with Crippen molar-refractivity contribution in [1.82, 2.24) is 10.6 Å². The number of methoxy groups -OCH3 is 1. The first-order valence-corrected chi connectivity index (χ1v) is 8.39. The summed E-state index contributed by atoms with van der Waals surface area (Å²) in [5, 5.41) is 14.0. The molecule has 0 heterocycles. The minimum absolute atomic E-state index is 0.113. The molecule has 1 rings (SSSR count). The molecule has 0 aliphatic carbocycles. The van der Waals surface area contributed by atoms with Gasteiger partial charge in [0.1, 0.15) is 6.04 Å². The molecule has 1 aromatic rings. The molecule has 0 spiro atoms. The Kier molecular flexibility index (Phi) is 8.41. The van der Waals surface area contributed by atoms with Crippen molar-refractivity contribution >= 4 is 17.8 Å². The molecule has 0 unspecified atom stereocenters. The van der Waals surface area contributed by atoms with Crippen molar-refractivity contribution in [2.45, 2.75) is 33.2 Å². The van der Waals surface area contributed by atoms with Gasteiger partial charge in [-0.25, -0.2) is 4.79 Å². The minimum Gasteiger partial charge on any atom is -0.493 e. The first-order chi connectivity index (χ1) is 12.3. The number of aliphatic carboxylic acids is 1. The number of hydrogen-bond acceptors (Lipinski definition) is 5. The third-order valence-electron chi connectivity index (χ3n) is 3.48. The summed E-state index contributed by atoms with van der Waals surface area (Å²) in [7, 11) is 1.47. The Morgan fingerprint density at radius 1 is 1.19 bits per heavy atom. The number of nitrogens with one attached hydrogen (secondary N) is 2. The standard InChI is InChI=1S/C18H26N2O6/c1-5-26-14-7-6-12(9-15(14)25-4)17(22)19-10-16(21)20-13(18(23)24)8-11(2)3/h6-7,9,11,13H,5,8,10H2,1-4H3,(H,19,22)(H,20,21)(H,23,24)/t13-/m0/s1. The fourth-order valence-electron chi connectivity index (χ4n) is 2.28. The van der Waals surface area contributed by atoms with E-state index in [4.69, 9.17) is 14.6 Å². The van der Waals surface area contributed by atoms with E-state index in [0.717, 1.165) is 0 Å². The maximum atomic E-state index is 12.2. The monoisotopic (exact) mass is 366 g/mol. The molecule has 26 heavy (non-hydrogen) atoms. The van der Waals surface area contributed by atoms with Gasteiger partial charge >= 0.3 is 5.97 Å². The summed E-state index contributed by atoms with van der Waals surface area (Å²) in [6.45, 7) is 5.70. The average molecular weight is 366 g/mol. The molecular formula is C18H26N2O6. The van der Waals surface area contributed by atoms with Crippen LogP contribution in [-0.2, 0) is 9.59 Å². The van der Waals surface area contributed by atoms with Crippen molar-refractivity contribution in [3.05, 3.63) is 23.8 Å². The highest BCUT2D eigenvalue weighted by atomic mass is 16.5. The SMILES string of the molecule is CCOc1ccc(C(=O)NCC(=O)N[C@@H](CC(C)C)C(=O)O)cc1OC. The van der Waals surface area contributed by atoms with Crippen molar-refractivity contribution in [2.75, 3.05) is 20.3 Å². The van der Waals surface area contributed by atoms with Gasteiger partial charge in [0, 0.05) is 5.56 Å². The van der Waals surface area contributed by atoms with E-state index >= 15 is 0 Å². The van der Waals surface area contributed by atoms with Crippen LogP contribution in [0.15, 0.2) is 18.2 Å². The summed E-state index contributed by atoms with van der Waals surface area (Å²) in [4.78, 5) is 35.2. The zero-order chi connectivity index (χ0) is 19.7. The van der Waals surface area contributed by atoms with Gasteiger partial charge in [0.15, 0.2) is 11.5 Å². The Hall–Kier alpha value is -2.77. The fraction of sp³-hybridized carbons (Fsp3) is 0.500. The highest BCUT2D eigenvalue weighted by Gasteiger charge is 2.21. The molecule has 0 aliphatic rings. The summed E-state index contributed by atoms with van der Waals surface area (Å²) < 4.78 is 10.6. The van der Waals surface area contributed by atoms with Crippen LogP contribution in [0.2, 0.25) is 0 Å². The van der Waals surface area contributed by atoms with Gasteiger partial charge in [-0.15, -0.1) is 0 Å². The van der Waals surface area contributed by atoms with Gasteiger partial charge in [0.2, 0.25) is 5.91 Å². The maximum absolute atomic E-state index is 12.2. The van der Waals surface area contributed by atoms with Gasteiger partial charge < -0.3 is 25.2 Å². The maximum Gasteiger partial charge on any atom is 0.326 e. The number of carboxylic acid groups (broad SMARTS) is 1. The van der Waals surface area contributed by atoms with E-state index in [9.17, 15) is 14.4 Å². The Balaban J connectivity index is 2.65. The summed E-state index contributed by atoms with van der Waals surface area (Å²) in [6.07, 6.45) is 0.311. The molecule has 8 nitrogen and oxygen atoms in total. The lowest BCUT2D eigenvalue weighted by atomic mass is 10.0. The van der Waals surface area contributed by atoms with Crippen molar-refractivity contribution in [3.8, 4) is 11.5 Å². The smallest absolute Gasteiger partial charge is 0.326 e. The van der Waals surface area contributed by atoms with E-state index < -0.39 is 23.8 Å². The molecule has 0 saturated heterocycles. The van der Waals surface area contributed by atoms with Crippen LogP contribution in [0.1, 0.15) is 37.6 Å². The zero-order valence-corrected chi connectivity index (χ0v) is 15.5. The van der Waals surface area contributed by atoms with E-state index in [1.807, 2.05) is 20.8 Å². The lowest BCUT2D eigenvalue weighted by molar-refractivity contribution is -0.142. The molecule has 144 valence electrons. The second-order valence-electron chi connectivity index (χ2n) is 6.07. The molecule has 0 fully saturated rings. The van der Waals surface area contributed by atoms with Crippen molar-refractivity contribution in [3.63, 3.8) is 0 Å². The van der Waals surface area contributed by atoms with Crippen molar-refractivity contribution in [1.29, 1.82) is 0 Å². The fourth-order valence-corrected chi connectivity index (χ4v) is 2.28. The quantitative estimate of drug-likeness (QED) is 0.577. The Morgan fingerprint density at radius 3 is 2.42 bits per heavy atom. The van der Waals surface area contributed by atoms with Crippen LogP contribution in [0.25, 0.3) is 0 Å². The van der Waals surface area contributed by atoms with E-state index in [0.29, 0.717) is 30.1 Å². The number of ether oxygens (including phenoxy) is 2. The Bertz CT molecular complexity index is 645. The molecule has 1 aromatic carbocycles. The van der Waals surface area contributed by atoms with Gasteiger partial charge in [-0.1, -0.05) is 13.8 Å². The summed E-state index contributed by atoms with van der Waals surface area (Å²) in [5.74, 6) is -1.10. The highest BCUT2D eigenvalue weighted by molar-refractivity contribution is 5.97. The van der Waals surface area contributed by atoms with Crippen LogP contribution < -0.4 is 20.1 Å². The van der Waals surface area contributed by atoms with Gasteiger partial charge in [-0.3, -0.25) is 9.59 Å². The summed E-state index contributed by atoms with van der Waals surface area (Å²) in [6, 6.07) is 3.70. The molecule has 0 aromatic heterocycles. The summed E-state index contributed by atoms with van der Waals surface area (Å²) >= 11 is 0. The van der Waals surface area contributed by atoms with Gasteiger partial charge in [0.05, 0.1) is 20.3 Å². The molecule has 2 amide bonds. The topological polar surface area (TPSA) is 114 Å². The number of carbonyl (C=O) groups is 3. The van der Waals surface area contributed by atoms with E-state index in [1.54, 1.807) is 12.1 Å². The Labute approximate surface area is 152 Å². The van der Waals surface area contributed by atoms with Crippen molar-refractivity contribution < 1.29 is 29.0 Å². The van der Waals surface area contributed by atoms with Gasteiger partial charge in [-0.2, -0.15) is 0 Å². The van der Waals surface area contributed by atoms with Crippen LogP contribution >= 0.6 is 0 Å². The van der Waals surface area contributed by atoms with Gasteiger partial charge in [-0.05, 0) is 37.5 Å². The first kappa shape index (κ1) is 21.3. The molecule has 0 radical (unpaired) electrons. The molecule has 0 bridgehead atoms. The lowest BCUT2D eigenvalue weighted by Gasteiger charge is -2.16. The predicted octanol–water partition coefficient (Wildman–Crippen LogP) is 1.44. The van der Waals surface area contributed by atoms with E-state index in [-0.39, 0.29) is 12.5 Å². The minimum atomic E-state index is -1.10. The number of rotatable bonds is 10. The highest BCUT2D eigenvalue weighted by Crippen LogP contribution is 2.27. The second-order valence-corrected chi connectivity index (χ2v) is 6.07. The normalized spacial score (nSPS) is 11.6. The molecule has 0 saturated carbocycles. The molecule has 8 heteroatoms. The molecular weight excluding hydrogens is 340 g/mol. The van der Waals surface area contributed by atoms with Crippen LogP contribution in [-0.4, -0.2) is 49.2 Å². The second kappa shape index (κ2) is 10.3. The number of amides is 2. The van der Waals surface area contributed by atoms with E-state index in [1.165, 1.54) is 13.2 Å². The largest absolute Gasteiger partial charge is 0.493 e. The first-order valence-electron chi connectivity index (χ1n) is 8.39. The van der Waals surface area contributed by atoms with E-state index in [2.05, 4.69) is 10.6 Å². The zero-order valence-electron chi connectivity index (χ0n) is 15.5. The molecule has 1 atom stereocenters. The third kappa shape index (κ3) is 6.62. The number of carbonyl (C=O) groups excluding carboxylic acids is 2. The van der Waals surface area contributed by atoms with Crippen LogP contribution in [0.4, 0.5) is 0 Å². The number of hydrogen-bond donors (Lipinski definition) is 3. The molecule has 0 aliphatic heterocycles. The Morgan fingerprint density at radius 2 is 1.88 bits per heavy atom. The van der Waals surface area contributed by atoms with Crippen molar-refractivity contribution in [2.24, 2.45) is 5.92 Å². The predicted molar refractivity (Wildman–Crippen MR) is 95.5 cm³/mol. The number of carboxylic acids is 1. The van der Waals surface area contributed by atoms with Crippen LogP contribution in [0, 0.1) is 5.92 Å². The van der Waals surface area contributed by atoms with Gasteiger partial charge in [0.25, 0.3) is 5.91 Å². The third-order valence-corrected chi connectivity index (χ3v) is 3.48. The van der Waals surface area contributed by atoms with Crippen LogP contribution in [0.3, 0.4) is 0 Å². The average Bonchev–Trinajstić information content (AvgIpc) is 2.59.